The summed E-state index contributed by atoms with van der Waals surface area (Å²) in [4.78, 5) is 16.6. The van der Waals surface area contributed by atoms with Gasteiger partial charge in [0.1, 0.15) is 5.76 Å². The van der Waals surface area contributed by atoms with Crippen LogP contribution < -0.4 is 5.32 Å². The van der Waals surface area contributed by atoms with Gasteiger partial charge in [0.15, 0.2) is 11.0 Å². The van der Waals surface area contributed by atoms with E-state index in [2.05, 4.69) is 31.4 Å². The van der Waals surface area contributed by atoms with Crippen molar-refractivity contribution in [2.24, 2.45) is 0 Å². The van der Waals surface area contributed by atoms with Crippen LogP contribution in [0.15, 0.2) is 56.9 Å². The first-order valence-corrected chi connectivity index (χ1v) is 8.90. The van der Waals surface area contributed by atoms with Crippen molar-refractivity contribution >= 4 is 39.4 Å². The standard InChI is InChI=1S/C16H15BrN4O2S/c1-10-9-14(20-23-10)19-15(22)11(2)24-16-18-7-8-21(16)13-5-3-12(17)4-6-13/h3-9,11H,1-2H3,(H,19,20,22). The van der Waals surface area contributed by atoms with Crippen LogP contribution in [0.4, 0.5) is 5.82 Å². The van der Waals surface area contributed by atoms with Crippen LogP contribution >= 0.6 is 27.7 Å². The first-order valence-electron chi connectivity index (χ1n) is 7.23. The molecule has 0 aliphatic heterocycles. The molecule has 0 radical (unpaired) electrons. The highest BCUT2D eigenvalue weighted by atomic mass is 79.9. The molecule has 8 heteroatoms. The Bertz CT molecular complexity index is 844. The highest BCUT2D eigenvalue weighted by Gasteiger charge is 2.19. The van der Waals surface area contributed by atoms with Crippen LogP contribution in [0.5, 0.6) is 0 Å². The molecule has 0 bridgehead atoms. The minimum Gasteiger partial charge on any atom is -0.360 e. The van der Waals surface area contributed by atoms with Crippen molar-refractivity contribution < 1.29 is 9.32 Å². The minimum absolute atomic E-state index is 0.154. The summed E-state index contributed by atoms with van der Waals surface area (Å²) in [5.74, 6) is 0.913. The van der Waals surface area contributed by atoms with Gasteiger partial charge in [0.25, 0.3) is 0 Å². The van der Waals surface area contributed by atoms with E-state index in [4.69, 9.17) is 4.52 Å². The third-order valence-electron chi connectivity index (χ3n) is 3.24. The maximum absolute atomic E-state index is 12.3. The first-order chi connectivity index (χ1) is 11.5. The van der Waals surface area contributed by atoms with E-state index < -0.39 is 0 Å². The Morgan fingerprint density at radius 3 is 2.79 bits per heavy atom. The topological polar surface area (TPSA) is 73.0 Å². The molecule has 0 saturated heterocycles. The average Bonchev–Trinajstić information content (AvgIpc) is 3.17. The van der Waals surface area contributed by atoms with Crippen molar-refractivity contribution in [2.75, 3.05) is 5.32 Å². The summed E-state index contributed by atoms with van der Waals surface area (Å²) in [6.07, 6.45) is 3.59. The van der Waals surface area contributed by atoms with E-state index in [1.54, 1.807) is 19.2 Å². The summed E-state index contributed by atoms with van der Waals surface area (Å²) in [5, 5.41) is 6.91. The fraction of sp³-hybridized carbons (Fsp3) is 0.188. The maximum Gasteiger partial charge on any atom is 0.238 e. The number of nitrogens with zero attached hydrogens (tertiary/aromatic N) is 3. The number of imidazole rings is 1. The van der Waals surface area contributed by atoms with E-state index >= 15 is 0 Å². The van der Waals surface area contributed by atoms with Crippen molar-refractivity contribution in [3.63, 3.8) is 0 Å². The van der Waals surface area contributed by atoms with Crippen LogP contribution in [-0.2, 0) is 4.79 Å². The van der Waals surface area contributed by atoms with Crippen molar-refractivity contribution in [1.82, 2.24) is 14.7 Å². The van der Waals surface area contributed by atoms with Crippen LogP contribution in [0, 0.1) is 6.92 Å². The number of carbonyl (C=O) groups excluding carboxylic acids is 1. The fourth-order valence-electron chi connectivity index (χ4n) is 2.04. The van der Waals surface area contributed by atoms with Crippen molar-refractivity contribution in [3.8, 4) is 5.69 Å². The van der Waals surface area contributed by atoms with E-state index in [1.165, 1.54) is 11.8 Å². The van der Waals surface area contributed by atoms with Gasteiger partial charge in [0.05, 0.1) is 5.25 Å². The SMILES string of the molecule is Cc1cc(NC(=O)C(C)Sc2nccn2-c2ccc(Br)cc2)no1. The average molecular weight is 407 g/mol. The van der Waals surface area contributed by atoms with Gasteiger partial charge in [-0.25, -0.2) is 4.98 Å². The van der Waals surface area contributed by atoms with Crippen LogP contribution in [0.1, 0.15) is 12.7 Å². The number of hydrogen-bond acceptors (Lipinski definition) is 5. The molecule has 0 spiro atoms. The van der Waals surface area contributed by atoms with Gasteiger partial charge in [0, 0.05) is 28.6 Å². The second kappa shape index (κ2) is 7.23. The number of amides is 1. The number of rotatable bonds is 5. The summed E-state index contributed by atoms with van der Waals surface area (Å²) < 4.78 is 7.90. The second-order valence-electron chi connectivity index (χ2n) is 5.13. The summed E-state index contributed by atoms with van der Waals surface area (Å²) in [6, 6.07) is 9.58. The van der Waals surface area contributed by atoms with E-state index in [1.807, 2.05) is 42.0 Å². The van der Waals surface area contributed by atoms with Gasteiger partial charge < -0.3 is 9.84 Å². The van der Waals surface area contributed by atoms with E-state index in [9.17, 15) is 4.79 Å². The van der Waals surface area contributed by atoms with Gasteiger partial charge in [0.2, 0.25) is 5.91 Å². The third kappa shape index (κ3) is 3.88. The Balaban J connectivity index is 1.70. The quantitative estimate of drug-likeness (QED) is 0.646. The number of carbonyl (C=O) groups is 1. The molecule has 1 unspecified atom stereocenters. The maximum atomic E-state index is 12.3. The molecule has 1 aromatic carbocycles. The molecule has 1 N–H and O–H groups in total. The Morgan fingerprint density at radius 1 is 1.38 bits per heavy atom. The van der Waals surface area contributed by atoms with Crippen LogP contribution in [0.3, 0.4) is 0 Å². The molecule has 0 aliphatic carbocycles. The van der Waals surface area contributed by atoms with Gasteiger partial charge in [-0.2, -0.15) is 0 Å². The number of thioether (sulfide) groups is 1. The molecule has 0 fully saturated rings. The monoisotopic (exact) mass is 406 g/mol. The Labute approximate surface area is 151 Å². The van der Waals surface area contributed by atoms with Crippen molar-refractivity contribution in [1.29, 1.82) is 0 Å². The van der Waals surface area contributed by atoms with Gasteiger partial charge in [-0.15, -0.1) is 0 Å². The summed E-state index contributed by atoms with van der Waals surface area (Å²) in [7, 11) is 0. The molecule has 1 amide bonds. The molecule has 1 atom stereocenters. The molecular weight excluding hydrogens is 392 g/mol. The van der Waals surface area contributed by atoms with Crippen molar-refractivity contribution in [2.45, 2.75) is 24.3 Å². The van der Waals surface area contributed by atoms with Gasteiger partial charge in [-0.3, -0.25) is 9.36 Å². The summed E-state index contributed by atoms with van der Waals surface area (Å²) >= 11 is 4.80. The Kier molecular flexibility index (Phi) is 5.06. The Morgan fingerprint density at radius 2 is 2.12 bits per heavy atom. The lowest BCUT2D eigenvalue weighted by atomic mass is 10.3. The number of aromatic nitrogens is 3. The van der Waals surface area contributed by atoms with Crippen LogP contribution in [0.2, 0.25) is 0 Å². The molecule has 124 valence electrons. The molecule has 2 aromatic heterocycles. The lowest BCUT2D eigenvalue weighted by molar-refractivity contribution is -0.115. The van der Waals surface area contributed by atoms with Gasteiger partial charge in [-0.05, 0) is 38.1 Å². The fourth-order valence-corrected chi connectivity index (χ4v) is 3.19. The zero-order valence-corrected chi connectivity index (χ0v) is 15.5. The number of benzene rings is 1. The number of aryl methyl sites for hydroxylation is 1. The molecule has 6 nitrogen and oxygen atoms in total. The molecule has 0 saturated carbocycles. The van der Waals surface area contributed by atoms with Gasteiger partial charge >= 0.3 is 0 Å². The predicted octanol–water partition coefficient (Wildman–Crippen LogP) is 4.05. The smallest absolute Gasteiger partial charge is 0.238 e. The molecule has 3 rings (SSSR count). The lowest BCUT2D eigenvalue weighted by Gasteiger charge is -2.12. The summed E-state index contributed by atoms with van der Waals surface area (Å²) in [6.45, 7) is 3.60. The normalized spacial score (nSPS) is 12.1. The number of anilines is 1. The molecule has 0 aliphatic rings. The molecule has 24 heavy (non-hydrogen) atoms. The summed E-state index contributed by atoms with van der Waals surface area (Å²) in [5.41, 5.74) is 0.984. The van der Waals surface area contributed by atoms with Gasteiger partial charge in [-0.1, -0.05) is 32.8 Å². The first kappa shape index (κ1) is 16.8. The zero-order valence-electron chi connectivity index (χ0n) is 13.1. The van der Waals surface area contributed by atoms with Crippen LogP contribution in [0.25, 0.3) is 5.69 Å². The second-order valence-corrected chi connectivity index (χ2v) is 7.35. The molecule has 3 aromatic rings. The largest absolute Gasteiger partial charge is 0.360 e. The minimum atomic E-state index is -0.335. The number of nitrogens with one attached hydrogen (secondary N) is 1. The number of hydrogen-bond donors (Lipinski definition) is 1. The van der Waals surface area contributed by atoms with E-state index in [-0.39, 0.29) is 11.2 Å². The molecule has 2 heterocycles. The van der Waals surface area contributed by atoms with Crippen LogP contribution in [-0.4, -0.2) is 25.9 Å². The number of halogens is 1. The third-order valence-corrected chi connectivity index (χ3v) is 4.85. The van der Waals surface area contributed by atoms with Crippen molar-refractivity contribution in [3.05, 3.63) is 53.0 Å². The zero-order chi connectivity index (χ0) is 17.1. The lowest BCUT2D eigenvalue weighted by Crippen LogP contribution is -2.23. The Hall–Kier alpha value is -2.06. The van der Waals surface area contributed by atoms with E-state index in [0.717, 1.165) is 15.3 Å². The highest BCUT2D eigenvalue weighted by molar-refractivity contribution is 9.10. The molecular formula is C16H15BrN4O2S. The highest BCUT2D eigenvalue weighted by Crippen LogP contribution is 2.26. The predicted molar refractivity (Wildman–Crippen MR) is 96.5 cm³/mol. The van der Waals surface area contributed by atoms with E-state index in [0.29, 0.717) is 11.6 Å².